The molecule has 3 aromatic rings. The lowest BCUT2D eigenvalue weighted by molar-refractivity contribution is 0.103. The van der Waals surface area contributed by atoms with Gasteiger partial charge in [-0.05, 0) is 31.4 Å². The smallest absolute Gasteiger partial charge is 0.267 e. The molecule has 2 saturated heterocycles. The van der Waals surface area contributed by atoms with Crippen molar-refractivity contribution in [3.8, 4) is 0 Å². The standard InChI is InChI=1S/C24H30ClN9O2S/c1-16-5-4-6-17(25)19(16)27-20(36)18-15-26-24(37-18)30-21-28-22(33-7-2-3-8-33)31-23(29-21)34-11-9-32(10-12-34)13-14-35/h4-6,15,35H,2-3,7-14H2,1H3,(H,27,36)(H,26,28,29,30,31). The van der Waals surface area contributed by atoms with Gasteiger partial charge in [-0.3, -0.25) is 15.0 Å². The molecule has 0 radical (unpaired) electrons. The summed E-state index contributed by atoms with van der Waals surface area (Å²) in [5.74, 6) is 1.38. The predicted molar refractivity (Wildman–Crippen MR) is 147 cm³/mol. The van der Waals surface area contributed by atoms with Crippen molar-refractivity contribution in [1.82, 2.24) is 24.8 Å². The van der Waals surface area contributed by atoms with Crippen LogP contribution in [0, 0.1) is 6.92 Å². The molecule has 0 atom stereocenters. The summed E-state index contributed by atoms with van der Waals surface area (Å²) in [5.41, 5.74) is 1.47. The van der Waals surface area contributed by atoms with Crippen molar-refractivity contribution in [2.45, 2.75) is 19.8 Å². The van der Waals surface area contributed by atoms with Crippen LogP contribution in [0.25, 0.3) is 0 Å². The van der Waals surface area contributed by atoms with Crippen molar-refractivity contribution >= 4 is 57.5 Å². The number of aryl methyl sites for hydroxylation is 1. The lowest BCUT2D eigenvalue weighted by Gasteiger charge is -2.34. The first kappa shape index (κ1) is 25.6. The highest BCUT2D eigenvalue weighted by atomic mass is 35.5. The van der Waals surface area contributed by atoms with Gasteiger partial charge >= 0.3 is 0 Å². The van der Waals surface area contributed by atoms with Crippen LogP contribution in [0.1, 0.15) is 28.1 Å². The van der Waals surface area contributed by atoms with Crippen molar-refractivity contribution in [2.24, 2.45) is 0 Å². The lowest BCUT2D eigenvalue weighted by Crippen LogP contribution is -2.47. The van der Waals surface area contributed by atoms with Crippen molar-refractivity contribution in [3.05, 3.63) is 39.9 Å². The van der Waals surface area contributed by atoms with E-state index in [1.165, 1.54) is 17.5 Å². The molecular weight excluding hydrogens is 514 g/mol. The Hall–Kier alpha value is -3.06. The molecule has 0 saturated carbocycles. The largest absolute Gasteiger partial charge is 0.395 e. The van der Waals surface area contributed by atoms with Gasteiger partial charge in [0.2, 0.25) is 17.8 Å². The molecule has 0 aliphatic carbocycles. The fourth-order valence-corrected chi connectivity index (χ4v) is 5.39. The summed E-state index contributed by atoms with van der Waals surface area (Å²) in [4.78, 5) is 38.3. The minimum atomic E-state index is -0.281. The Morgan fingerprint density at radius 1 is 1.05 bits per heavy atom. The average molecular weight is 544 g/mol. The molecule has 37 heavy (non-hydrogen) atoms. The number of anilines is 5. The molecule has 4 heterocycles. The molecule has 3 N–H and O–H groups in total. The molecule has 2 aliphatic rings. The topological polar surface area (TPSA) is 123 Å². The van der Waals surface area contributed by atoms with Crippen LogP contribution in [-0.2, 0) is 0 Å². The SMILES string of the molecule is Cc1cccc(Cl)c1NC(=O)c1cnc(Nc2nc(N3CCCC3)nc(N3CCN(CCO)CC3)n2)s1. The molecule has 196 valence electrons. The number of aromatic nitrogens is 4. The molecule has 0 bridgehead atoms. The van der Waals surface area contributed by atoms with Gasteiger partial charge in [0.1, 0.15) is 4.88 Å². The Morgan fingerprint density at radius 2 is 1.76 bits per heavy atom. The lowest BCUT2D eigenvalue weighted by atomic mass is 10.2. The molecule has 5 rings (SSSR count). The zero-order chi connectivity index (χ0) is 25.8. The van der Waals surface area contributed by atoms with E-state index >= 15 is 0 Å². The van der Waals surface area contributed by atoms with E-state index in [-0.39, 0.29) is 12.5 Å². The van der Waals surface area contributed by atoms with Gasteiger partial charge in [-0.2, -0.15) is 15.0 Å². The number of thiazole rings is 1. The van der Waals surface area contributed by atoms with Gasteiger partial charge in [0.05, 0.1) is 23.5 Å². The number of benzene rings is 1. The van der Waals surface area contributed by atoms with Crippen LogP contribution in [-0.4, -0.2) is 88.3 Å². The Labute approximate surface area is 224 Å². The van der Waals surface area contributed by atoms with Gasteiger partial charge in [-0.25, -0.2) is 4.98 Å². The number of halogens is 1. The molecule has 2 fully saturated rings. The number of β-amino-alcohol motifs (C(OH)–C–C–N with tert-alkyl or cyclic N) is 1. The number of aliphatic hydroxyl groups excluding tert-OH is 1. The first-order valence-electron chi connectivity index (χ1n) is 12.4. The average Bonchev–Trinajstić information content (AvgIpc) is 3.60. The summed E-state index contributed by atoms with van der Waals surface area (Å²) in [6.07, 6.45) is 3.75. The van der Waals surface area contributed by atoms with Gasteiger partial charge in [0.15, 0.2) is 5.13 Å². The maximum Gasteiger partial charge on any atom is 0.267 e. The van der Waals surface area contributed by atoms with E-state index in [2.05, 4.69) is 40.3 Å². The number of amides is 1. The molecule has 13 heteroatoms. The van der Waals surface area contributed by atoms with Crippen molar-refractivity contribution in [3.63, 3.8) is 0 Å². The zero-order valence-electron chi connectivity index (χ0n) is 20.7. The number of para-hydroxylation sites is 1. The number of carbonyl (C=O) groups is 1. The number of hydrogen-bond acceptors (Lipinski definition) is 11. The van der Waals surface area contributed by atoms with Crippen LogP contribution in [0.15, 0.2) is 24.4 Å². The van der Waals surface area contributed by atoms with E-state index in [1.807, 2.05) is 19.1 Å². The normalized spacial score (nSPS) is 16.3. The second kappa shape index (κ2) is 11.5. The number of hydrogen-bond donors (Lipinski definition) is 3. The van der Waals surface area contributed by atoms with E-state index in [4.69, 9.17) is 16.6 Å². The van der Waals surface area contributed by atoms with Crippen molar-refractivity contribution in [2.75, 3.05) is 72.9 Å². The predicted octanol–water partition coefficient (Wildman–Crippen LogP) is 3.00. The van der Waals surface area contributed by atoms with Crippen molar-refractivity contribution < 1.29 is 9.90 Å². The van der Waals surface area contributed by atoms with E-state index in [9.17, 15) is 9.90 Å². The minimum absolute atomic E-state index is 0.157. The highest BCUT2D eigenvalue weighted by molar-refractivity contribution is 7.17. The van der Waals surface area contributed by atoms with E-state index < -0.39 is 0 Å². The monoisotopic (exact) mass is 543 g/mol. The highest BCUT2D eigenvalue weighted by Crippen LogP contribution is 2.28. The molecule has 0 spiro atoms. The molecule has 0 unspecified atom stereocenters. The molecule has 2 aliphatic heterocycles. The summed E-state index contributed by atoms with van der Waals surface area (Å²) in [6, 6.07) is 5.48. The van der Waals surface area contributed by atoms with Crippen LogP contribution < -0.4 is 20.4 Å². The van der Waals surface area contributed by atoms with Gasteiger partial charge in [-0.1, -0.05) is 35.1 Å². The number of aliphatic hydroxyl groups is 1. The fourth-order valence-electron chi connectivity index (χ4n) is 4.42. The van der Waals surface area contributed by atoms with E-state index in [0.29, 0.717) is 45.1 Å². The van der Waals surface area contributed by atoms with Crippen LogP contribution in [0.4, 0.5) is 28.7 Å². The summed E-state index contributed by atoms with van der Waals surface area (Å²) >= 11 is 7.48. The van der Waals surface area contributed by atoms with Crippen molar-refractivity contribution in [1.29, 1.82) is 0 Å². The Balaban J connectivity index is 1.33. The maximum atomic E-state index is 12.8. The Bertz CT molecular complexity index is 1220. The first-order valence-corrected chi connectivity index (χ1v) is 13.6. The zero-order valence-corrected chi connectivity index (χ0v) is 22.2. The Kier molecular flexibility index (Phi) is 7.99. The first-order chi connectivity index (χ1) is 18.0. The van der Waals surface area contributed by atoms with E-state index in [0.717, 1.165) is 57.7 Å². The second-order valence-electron chi connectivity index (χ2n) is 9.05. The van der Waals surface area contributed by atoms with Crippen LogP contribution >= 0.6 is 22.9 Å². The van der Waals surface area contributed by atoms with Gasteiger partial charge in [0, 0.05) is 45.8 Å². The third-order valence-corrected chi connectivity index (χ3v) is 7.71. The summed E-state index contributed by atoms with van der Waals surface area (Å²) in [7, 11) is 0. The number of nitrogens with one attached hydrogen (secondary N) is 2. The van der Waals surface area contributed by atoms with Crippen LogP contribution in [0.5, 0.6) is 0 Å². The number of carbonyl (C=O) groups excluding carboxylic acids is 1. The molecular formula is C24H30ClN9O2S. The van der Waals surface area contributed by atoms with Gasteiger partial charge < -0.3 is 20.2 Å². The molecule has 1 amide bonds. The molecule has 1 aromatic carbocycles. The van der Waals surface area contributed by atoms with Crippen LogP contribution in [0.3, 0.4) is 0 Å². The molecule has 11 nitrogen and oxygen atoms in total. The van der Waals surface area contributed by atoms with Crippen LogP contribution in [0.2, 0.25) is 5.02 Å². The summed E-state index contributed by atoms with van der Waals surface area (Å²) in [5, 5.41) is 16.3. The quantitative estimate of drug-likeness (QED) is 0.390. The maximum absolute atomic E-state index is 12.8. The summed E-state index contributed by atoms with van der Waals surface area (Å²) < 4.78 is 0. The molecule has 2 aromatic heterocycles. The fraction of sp³-hybridized carbons (Fsp3) is 0.458. The number of nitrogens with zero attached hydrogens (tertiary/aromatic N) is 7. The third-order valence-electron chi connectivity index (χ3n) is 6.48. The minimum Gasteiger partial charge on any atom is -0.395 e. The number of rotatable bonds is 8. The van der Waals surface area contributed by atoms with Gasteiger partial charge in [-0.15, -0.1) is 0 Å². The summed E-state index contributed by atoms with van der Waals surface area (Å²) in [6.45, 7) is 7.76. The van der Waals surface area contributed by atoms with E-state index in [1.54, 1.807) is 6.07 Å². The number of piperazine rings is 1. The van der Waals surface area contributed by atoms with Gasteiger partial charge in [0.25, 0.3) is 5.91 Å². The third kappa shape index (κ3) is 6.09. The Morgan fingerprint density at radius 3 is 2.43 bits per heavy atom. The second-order valence-corrected chi connectivity index (χ2v) is 10.5. The highest BCUT2D eigenvalue weighted by Gasteiger charge is 2.23.